The second-order valence-electron chi connectivity index (χ2n) is 11.5. The third-order valence-electron chi connectivity index (χ3n) is 9.12. The molecule has 4 bridgehead atoms. The van der Waals surface area contributed by atoms with Crippen LogP contribution >= 0.6 is 0 Å². The molecule has 2 atom stereocenters. The summed E-state index contributed by atoms with van der Waals surface area (Å²) in [5.41, 5.74) is 3.93. The van der Waals surface area contributed by atoms with Crippen molar-refractivity contribution in [3.63, 3.8) is 0 Å². The zero-order valence-electron chi connectivity index (χ0n) is 20.3. The van der Waals surface area contributed by atoms with Gasteiger partial charge in [-0.15, -0.1) is 0 Å². The third-order valence-corrected chi connectivity index (χ3v) is 9.12. The van der Waals surface area contributed by atoms with E-state index in [9.17, 15) is 22.8 Å². The number of primary amides is 1. The number of hydrogen-bond donors (Lipinski definition) is 2. The van der Waals surface area contributed by atoms with Crippen LogP contribution in [0.15, 0.2) is 18.3 Å². The number of nitrogens with one attached hydrogen (secondary N) is 1. The average molecular weight is 494 g/mol. The van der Waals surface area contributed by atoms with Crippen LogP contribution in [0.5, 0.6) is 0 Å². The van der Waals surface area contributed by atoms with Gasteiger partial charge < -0.3 is 16.0 Å². The van der Waals surface area contributed by atoms with Crippen LogP contribution in [0.1, 0.15) is 51.5 Å². The molecule has 6 rings (SSSR count). The molecule has 10 heteroatoms. The molecule has 5 fully saturated rings. The second kappa shape index (κ2) is 8.35. The van der Waals surface area contributed by atoms with Crippen LogP contribution in [0.4, 0.5) is 19.0 Å². The van der Waals surface area contributed by atoms with Gasteiger partial charge in [-0.3, -0.25) is 14.5 Å². The van der Waals surface area contributed by atoms with E-state index in [1.807, 2.05) is 18.7 Å². The van der Waals surface area contributed by atoms with Crippen molar-refractivity contribution in [1.82, 2.24) is 15.2 Å². The van der Waals surface area contributed by atoms with Gasteiger partial charge in [0.1, 0.15) is 5.82 Å². The monoisotopic (exact) mass is 493 g/mol. The van der Waals surface area contributed by atoms with E-state index in [1.54, 1.807) is 0 Å². The number of amides is 2. The number of anilines is 1. The SMILES string of the molecule is CC(C)(C(=O)NC1C2CC3CC1CC(C(N)=O)(C3)C2)N1CCN(c2ccc(C(F)(F)F)cn2)CC1. The second-order valence-corrected chi connectivity index (χ2v) is 11.5. The molecule has 2 amide bonds. The van der Waals surface area contributed by atoms with Gasteiger partial charge in [0.25, 0.3) is 0 Å². The summed E-state index contributed by atoms with van der Waals surface area (Å²) in [6.45, 7) is 6.21. The Morgan fingerprint density at radius 3 is 2.20 bits per heavy atom. The Labute approximate surface area is 203 Å². The minimum absolute atomic E-state index is 0.01000. The van der Waals surface area contributed by atoms with Gasteiger partial charge in [-0.25, -0.2) is 4.98 Å². The van der Waals surface area contributed by atoms with E-state index >= 15 is 0 Å². The minimum Gasteiger partial charge on any atom is -0.369 e. The zero-order chi connectivity index (χ0) is 25.2. The lowest BCUT2D eigenvalue weighted by atomic mass is 9.47. The molecule has 35 heavy (non-hydrogen) atoms. The van der Waals surface area contributed by atoms with Crippen molar-refractivity contribution >= 4 is 17.6 Å². The molecule has 2 unspecified atom stereocenters. The van der Waals surface area contributed by atoms with Gasteiger partial charge >= 0.3 is 6.18 Å². The first-order chi connectivity index (χ1) is 16.4. The molecule has 192 valence electrons. The van der Waals surface area contributed by atoms with Gasteiger partial charge in [-0.1, -0.05) is 0 Å². The number of piperazine rings is 1. The topological polar surface area (TPSA) is 91.6 Å². The lowest BCUT2D eigenvalue weighted by Gasteiger charge is -2.59. The number of carbonyl (C=O) groups excluding carboxylic acids is 2. The van der Waals surface area contributed by atoms with Crippen LogP contribution in [0.25, 0.3) is 0 Å². The Bertz CT molecular complexity index is 972. The maximum absolute atomic E-state index is 13.5. The Balaban J connectivity index is 1.19. The van der Waals surface area contributed by atoms with E-state index in [1.165, 1.54) is 6.07 Å². The van der Waals surface area contributed by atoms with Gasteiger partial charge in [0.2, 0.25) is 11.8 Å². The molecule has 5 aliphatic rings. The molecular formula is C25H34F3N5O2. The maximum Gasteiger partial charge on any atom is 0.417 e. The Kier molecular flexibility index (Phi) is 5.81. The zero-order valence-corrected chi connectivity index (χ0v) is 20.3. The predicted molar refractivity (Wildman–Crippen MR) is 124 cm³/mol. The number of alkyl halides is 3. The number of halogens is 3. The quantitative estimate of drug-likeness (QED) is 0.658. The molecule has 0 aromatic carbocycles. The average Bonchev–Trinajstić information content (AvgIpc) is 2.80. The minimum atomic E-state index is -4.40. The predicted octanol–water partition coefficient (Wildman–Crippen LogP) is 2.80. The van der Waals surface area contributed by atoms with Gasteiger partial charge in [0.05, 0.1) is 11.1 Å². The smallest absolute Gasteiger partial charge is 0.369 e. The number of nitrogens with zero attached hydrogens (tertiary/aromatic N) is 3. The molecule has 1 saturated heterocycles. The van der Waals surface area contributed by atoms with E-state index in [2.05, 4.69) is 15.2 Å². The first-order valence-corrected chi connectivity index (χ1v) is 12.5. The highest BCUT2D eigenvalue weighted by Gasteiger charge is 2.58. The summed E-state index contributed by atoms with van der Waals surface area (Å²) in [4.78, 5) is 33.8. The van der Waals surface area contributed by atoms with Crippen molar-refractivity contribution in [1.29, 1.82) is 0 Å². The summed E-state index contributed by atoms with van der Waals surface area (Å²) in [6.07, 6.45) is 1.02. The number of aromatic nitrogens is 1. The standard InChI is InChI=1S/C25H34F3N5O2/c1-23(2,33-7-5-32(6-8-33)19-4-3-18(14-30-19)25(26,27)28)22(35)31-20-16-9-15-10-17(20)13-24(11-15,12-16)21(29)34/h3-4,14-17,20H,5-13H2,1-2H3,(H2,29,34)(H,31,35). The van der Waals surface area contributed by atoms with E-state index in [4.69, 9.17) is 5.73 Å². The van der Waals surface area contributed by atoms with Crippen LogP contribution in [0.2, 0.25) is 0 Å². The summed E-state index contributed by atoms with van der Waals surface area (Å²) in [6, 6.07) is 2.55. The third kappa shape index (κ3) is 4.27. The highest BCUT2D eigenvalue weighted by atomic mass is 19.4. The fourth-order valence-corrected chi connectivity index (χ4v) is 7.27. The van der Waals surface area contributed by atoms with Crippen molar-refractivity contribution < 1.29 is 22.8 Å². The van der Waals surface area contributed by atoms with Crippen molar-refractivity contribution in [3.8, 4) is 0 Å². The molecule has 2 heterocycles. The Morgan fingerprint density at radius 2 is 1.69 bits per heavy atom. The summed E-state index contributed by atoms with van der Waals surface area (Å²) in [5, 5.41) is 3.35. The van der Waals surface area contributed by atoms with Gasteiger partial charge in [0, 0.05) is 43.8 Å². The highest BCUT2D eigenvalue weighted by Crippen LogP contribution is 2.60. The summed E-state index contributed by atoms with van der Waals surface area (Å²) >= 11 is 0. The molecule has 7 nitrogen and oxygen atoms in total. The lowest BCUT2D eigenvalue weighted by Crippen LogP contribution is -2.66. The van der Waals surface area contributed by atoms with E-state index in [0.717, 1.165) is 44.4 Å². The first kappa shape index (κ1) is 24.3. The highest BCUT2D eigenvalue weighted by molar-refractivity contribution is 5.86. The van der Waals surface area contributed by atoms with Gasteiger partial charge in [-0.05, 0) is 75.8 Å². The van der Waals surface area contributed by atoms with Gasteiger partial charge in [0.15, 0.2) is 0 Å². The summed E-state index contributed by atoms with van der Waals surface area (Å²) in [7, 11) is 0. The molecule has 1 aliphatic heterocycles. The molecule has 4 aliphatic carbocycles. The number of hydrogen-bond acceptors (Lipinski definition) is 5. The summed E-state index contributed by atoms with van der Waals surface area (Å²) in [5.74, 6) is 1.46. The Hall–Kier alpha value is -2.36. The molecule has 1 aromatic rings. The fraction of sp³-hybridized carbons (Fsp3) is 0.720. The van der Waals surface area contributed by atoms with Crippen LogP contribution in [0, 0.1) is 23.2 Å². The largest absolute Gasteiger partial charge is 0.417 e. The molecular weight excluding hydrogens is 459 g/mol. The van der Waals surface area contributed by atoms with Crippen LogP contribution in [-0.2, 0) is 15.8 Å². The number of nitrogens with two attached hydrogens (primary N) is 1. The molecule has 0 radical (unpaired) electrons. The maximum atomic E-state index is 13.5. The van der Waals surface area contributed by atoms with Crippen molar-refractivity contribution in [2.45, 2.75) is 63.7 Å². The fourth-order valence-electron chi connectivity index (χ4n) is 7.27. The summed E-state index contributed by atoms with van der Waals surface area (Å²) < 4.78 is 38.5. The van der Waals surface area contributed by atoms with Crippen LogP contribution in [0.3, 0.4) is 0 Å². The first-order valence-electron chi connectivity index (χ1n) is 12.5. The van der Waals surface area contributed by atoms with E-state index in [-0.39, 0.29) is 23.3 Å². The Morgan fingerprint density at radius 1 is 1.06 bits per heavy atom. The van der Waals surface area contributed by atoms with Crippen molar-refractivity contribution in [3.05, 3.63) is 23.9 Å². The van der Waals surface area contributed by atoms with E-state index in [0.29, 0.717) is 49.8 Å². The molecule has 4 saturated carbocycles. The number of carbonyl (C=O) groups is 2. The molecule has 0 spiro atoms. The van der Waals surface area contributed by atoms with Gasteiger partial charge in [-0.2, -0.15) is 13.2 Å². The van der Waals surface area contributed by atoms with Crippen LogP contribution < -0.4 is 16.0 Å². The van der Waals surface area contributed by atoms with E-state index < -0.39 is 17.3 Å². The molecule has 1 aromatic heterocycles. The normalized spacial score (nSPS) is 33.1. The number of pyridine rings is 1. The van der Waals surface area contributed by atoms with Crippen LogP contribution in [-0.4, -0.2) is 59.5 Å². The number of rotatable bonds is 5. The lowest BCUT2D eigenvalue weighted by molar-refractivity contribution is -0.149. The van der Waals surface area contributed by atoms with Crippen molar-refractivity contribution in [2.75, 3.05) is 31.1 Å². The van der Waals surface area contributed by atoms with Crippen molar-refractivity contribution in [2.24, 2.45) is 28.9 Å². The molecule has 3 N–H and O–H groups in total.